The second kappa shape index (κ2) is 6.21. The summed E-state index contributed by atoms with van der Waals surface area (Å²) in [5, 5.41) is 5.70. The average Bonchev–Trinajstić information content (AvgIpc) is 3.23. The molecule has 2 heterocycles. The molecule has 0 spiro atoms. The number of hydrogen-bond donors (Lipinski definition) is 3. The lowest BCUT2D eigenvalue weighted by Gasteiger charge is -2.11. The fraction of sp³-hybridized carbons (Fsp3) is 0.176. The fourth-order valence-corrected chi connectivity index (χ4v) is 2.99. The molecule has 1 aromatic heterocycles. The van der Waals surface area contributed by atoms with Crippen molar-refractivity contribution in [2.45, 2.75) is 6.18 Å². The van der Waals surface area contributed by atoms with E-state index in [1.807, 2.05) is 18.2 Å². The lowest BCUT2D eigenvalue weighted by molar-refractivity contribution is -0.137. The Labute approximate surface area is 151 Å². The van der Waals surface area contributed by atoms with Crippen molar-refractivity contribution in [3.8, 4) is 0 Å². The number of amidine groups is 1. The number of hydrogen-bond acceptors (Lipinski definition) is 4. The van der Waals surface area contributed by atoms with Crippen LogP contribution in [0.5, 0.6) is 0 Å². The third kappa shape index (κ3) is 3.20. The third-order valence-corrected chi connectivity index (χ3v) is 4.29. The van der Waals surface area contributed by atoms with Crippen LogP contribution in [0, 0.1) is 0 Å². The van der Waals surface area contributed by atoms with Gasteiger partial charge in [0.2, 0.25) is 5.95 Å². The molecule has 0 fully saturated rings. The van der Waals surface area contributed by atoms with Crippen molar-refractivity contribution < 1.29 is 13.2 Å². The Hall–Kier alpha value is -2.74. The molecule has 0 aliphatic carbocycles. The number of anilines is 2. The van der Waals surface area contributed by atoms with Gasteiger partial charge in [0.25, 0.3) is 0 Å². The van der Waals surface area contributed by atoms with E-state index >= 15 is 0 Å². The second-order valence-corrected chi connectivity index (χ2v) is 6.20. The lowest BCUT2D eigenvalue weighted by Crippen LogP contribution is -2.19. The summed E-state index contributed by atoms with van der Waals surface area (Å²) in [7, 11) is 0. The number of benzene rings is 2. The van der Waals surface area contributed by atoms with Crippen molar-refractivity contribution in [1.29, 1.82) is 0 Å². The van der Waals surface area contributed by atoms with Gasteiger partial charge in [0.15, 0.2) is 0 Å². The first kappa shape index (κ1) is 16.7. The summed E-state index contributed by atoms with van der Waals surface area (Å²) >= 11 is 5.64. The number of halogens is 4. The van der Waals surface area contributed by atoms with Gasteiger partial charge in [-0.3, -0.25) is 4.99 Å². The van der Waals surface area contributed by atoms with Crippen LogP contribution in [0.3, 0.4) is 0 Å². The van der Waals surface area contributed by atoms with Crippen LogP contribution in [0.1, 0.15) is 11.1 Å². The van der Waals surface area contributed by atoms with Crippen LogP contribution in [0.15, 0.2) is 41.4 Å². The number of H-pyrrole nitrogens is 1. The summed E-state index contributed by atoms with van der Waals surface area (Å²) in [6, 6.07) is 9.25. The molecule has 5 nitrogen and oxygen atoms in total. The zero-order valence-electron chi connectivity index (χ0n) is 13.3. The zero-order chi connectivity index (χ0) is 18.3. The smallest absolute Gasteiger partial charge is 0.368 e. The van der Waals surface area contributed by atoms with E-state index in [-0.39, 0.29) is 10.7 Å². The fourth-order valence-electron chi connectivity index (χ4n) is 2.76. The molecule has 1 aliphatic heterocycles. The first-order valence-electron chi connectivity index (χ1n) is 7.82. The predicted molar refractivity (Wildman–Crippen MR) is 95.2 cm³/mol. The van der Waals surface area contributed by atoms with Gasteiger partial charge in [0.1, 0.15) is 5.84 Å². The van der Waals surface area contributed by atoms with Crippen molar-refractivity contribution in [3.63, 3.8) is 0 Å². The van der Waals surface area contributed by atoms with Crippen molar-refractivity contribution in [2.75, 3.05) is 18.4 Å². The molecule has 0 saturated heterocycles. The Morgan fingerprint density at radius 2 is 1.96 bits per heavy atom. The molecule has 1 aliphatic rings. The number of imidazole rings is 1. The molecule has 3 aromatic rings. The van der Waals surface area contributed by atoms with Gasteiger partial charge < -0.3 is 15.6 Å². The van der Waals surface area contributed by atoms with E-state index < -0.39 is 11.7 Å². The topological polar surface area (TPSA) is 65.1 Å². The van der Waals surface area contributed by atoms with Gasteiger partial charge in [-0.15, -0.1) is 0 Å². The number of aromatic nitrogens is 2. The number of nitrogens with zero attached hydrogens (tertiary/aromatic N) is 2. The lowest BCUT2D eigenvalue weighted by atomic mass is 10.2. The molecular weight excluding hydrogens is 367 g/mol. The maximum absolute atomic E-state index is 13.0. The predicted octanol–water partition coefficient (Wildman–Crippen LogP) is 4.33. The molecule has 0 saturated carbocycles. The van der Waals surface area contributed by atoms with Crippen LogP contribution in [0.2, 0.25) is 5.02 Å². The van der Waals surface area contributed by atoms with Crippen molar-refractivity contribution in [2.24, 2.45) is 4.99 Å². The van der Waals surface area contributed by atoms with E-state index in [9.17, 15) is 13.2 Å². The van der Waals surface area contributed by atoms with Crippen molar-refractivity contribution in [1.82, 2.24) is 15.3 Å². The van der Waals surface area contributed by atoms with E-state index in [1.54, 1.807) is 0 Å². The van der Waals surface area contributed by atoms with Gasteiger partial charge in [0, 0.05) is 17.8 Å². The number of rotatable bonds is 3. The van der Waals surface area contributed by atoms with Crippen molar-refractivity contribution >= 4 is 40.1 Å². The van der Waals surface area contributed by atoms with Gasteiger partial charge in [-0.25, -0.2) is 4.98 Å². The SMILES string of the molecule is FC(F)(F)c1cc(Nc2nc3ccc(C4=NCCN4)cc3[nH]2)ccc1Cl. The van der Waals surface area contributed by atoms with Crippen LogP contribution in [0.25, 0.3) is 11.0 Å². The minimum atomic E-state index is -4.52. The average molecular weight is 380 g/mol. The Balaban J connectivity index is 1.63. The maximum Gasteiger partial charge on any atom is 0.417 e. The van der Waals surface area contributed by atoms with Gasteiger partial charge in [-0.2, -0.15) is 13.2 Å². The standard InChI is InChI=1S/C17H13ClF3N5/c18-12-3-2-10(8-11(12)17(19,20)21)24-16-25-13-4-1-9(7-14(13)26-16)15-22-5-6-23-15/h1-4,7-8H,5-6H2,(H,22,23)(H2,24,25,26). The first-order chi connectivity index (χ1) is 12.4. The highest BCUT2D eigenvalue weighted by atomic mass is 35.5. The number of aromatic amines is 1. The van der Waals surface area contributed by atoms with E-state index in [0.29, 0.717) is 11.5 Å². The first-order valence-corrected chi connectivity index (χ1v) is 8.20. The molecule has 9 heteroatoms. The van der Waals surface area contributed by atoms with E-state index in [2.05, 4.69) is 25.6 Å². The summed E-state index contributed by atoms with van der Waals surface area (Å²) in [5.74, 6) is 1.16. The zero-order valence-corrected chi connectivity index (χ0v) is 14.0. The number of fused-ring (bicyclic) bond motifs is 1. The second-order valence-electron chi connectivity index (χ2n) is 5.79. The van der Waals surface area contributed by atoms with Gasteiger partial charge in [-0.1, -0.05) is 11.6 Å². The minimum absolute atomic E-state index is 0.239. The van der Waals surface area contributed by atoms with Crippen molar-refractivity contribution in [3.05, 3.63) is 52.5 Å². The molecule has 3 N–H and O–H groups in total. The normalized spacial score (nSPS) is 14.4. The summed E-state index contributed by atoms with van der Waals surface area (Å²) < 4.78 is 38.9. The largest absolute Gasteiger partial charge is 0.417 e. The molecule has 2 aromatic carbocycles. The monoisotopic (exact) mass is 379 g/mol. The molecule has 134 valence electrons. The van der Waals surface area contributed by atoms with Crippen LogP contribution < -0.4 is 10.6 Å². The minimum Gasteiger partial charge on any atom is -0.368 e. The van der Waals surface area contributed by atoms with Gasteiger partial charge in [0.05, 0.1) is 28.2 Å². The highest BCUT2D eigenvalue weighted by molar-refractivity contribution is 6.31. The summed E-state index contributed by atoms with van der Waals surface area (Å²) in [6.45, 7) is 1.54. The molecule has 4 rings (SSSR count). The summed E-state index contributed by atoms with van der Waals surface area (Å²) in [5.41, 5.74) is 1.72. The summed E-state index contributed by atoms with van der Waals surface area (Å²) in [4.78, 5) is 11.8. The van der Waals surface area contributed by atoms with E-state index in [1.165, 1.54) is 12.1 Å². The maximum atomic E-state index is 13.0. The third-order valence-electron chi connectivity index (χ3n) is 3.96. The Kier molecular flexibility index (Phi) is 3.99. The molecule has 0 bridgehead atoms. The summed E-state index contributed by atoms with van der Waals surface area (Å²) in [6.07, 6.45) is -4.52. The van der Waals surface area contributed by atoms with E-state index in [0.717, 1.165) is 36.1 Å². The Morgan fingerprint density at radius 3 is 2.69 bits per heavy atom. The Morgan fingerprint density at radius 1 is 1.12 bits per heavy atom. The number of alkyl halides is 3. The molecular formula is C17H13ClF3N5. The van der Waals surface area contributed by atoms with E-state index in [4.69, 9.17) is 11.6 Å². The number of nitrogens with one attached hydrogen (secondary N) is 3. The molecule has 26 heavy (non-hydrogen) atoms. The number of aliphatic imine (C=N–C) groups is 1. The van der Waals surface area contributed by atoms with Gasteiger partial charge >= 0.3 is 6.18 Å². The van der Waals surface area contributed by atoms with Crippen LogP contribution in [-0.4, -0.2) is 28.9 Å². The van der Waals surface area contributed by atoms with Crippen LogP contribution >= 0.6 is 11.6 Å². The molecule has 0 radical (unpaired) electrons. The molecule has 0 amide bonds. The van der Waals surface area contributed by atoms with Crippen LogP contribution in [0.4, 0.5) is 24.8 Å². The van der Waals surface area contributed by atoms with Gasteiger partial charge in [-0.05, 0) is 36.4 Å². The molecule has 0 atom stereocenters. The highest BCUT2D eigenvalue weighted by Crippen LogP contribution is 2.36. The Bertz CT molecular complexity index is 1010. The molecule has 0 unspecified atom stereocenters. The quantitative estimate of drug-likeness (QED) is 0.634. The van der Waals surface area contributed by atoms with Crippen LogP contribution in [-0.2, 0) is 6.18 Å². The highest BCUT2D eigenvalue weighted by Gasteiger charge is 2.33.